The molecule has 0 spiro atoms. The molecule has 2 aliphatic rings. The predicted molar refractivity (Wildman–Crippen MR) is 137 cm³/mol. The number of nitrogens with zero attached hydrogens (tertiary/aromatic N) is 4. The first-order valence-electron chi connectivity index (χ1n) is 11.7. The number of urea groups is 1. The number of methoxy groups -OCH3 is 1. The number of anilines is 1. The van der Waals surface area contributed by atoms with E-state index in [0.717, 1.165) is 46.9 Å². The van der Waals surface area contributed by atoms with Crippen molar-refractivity contribution in [3.05, 3.63) is 69.5 Å². The number of rotatable bonds is 5. The van der Waals surface area contributed by atoms with E-state index in [1.165, 1.54) is 0 Å². The van der Waals surface area contributed by atoms with Crippen molar-refractivity contribution in [3.8, 4) is 11.4 Å². The summed E-state index contributed by atoms with van der Waals surface area (Å²) >= 11 is 12.6. The molecule has 0 bridgehead atoms. The van der Waals surface area contributed by atoms with Crippen LogP contribution < -0.4 is 9.64 Å². The summed E-state index contributed by atoms with van der Waals surface area (Å²) in [5, 5.41) is 5.84. The molecule has 1 aliphatic carbocycles. The third-order valence-electron chi connectivity index (χ3n) is 6.60. The molecule has 1 aliphatic heterocycles. The Morgan fingerprint density at radius 2 is 1.89 bits per heavy atom. The van der Waals surface area contributed by atoms with E-state index in [1.54, 1.807) is 25.3 Å². The molecule has 1 saturated heterocycles. The molecule has 184 valence electrons. The molecule has 1 aromatic heterocycles. The smallest absolute Gasteiger partial charge is 0.325 e. The van der Waals surface area contributed by atoms with Crippen LogP contribution in [0.3, 0.4) is 0 Å². The van der Waals surface area contributed by atoms with E-state index >= 15 is 0 Å². The van der Waals surface area contributed by atoms with Gasteiger partial charge in [0.25, 0.3) is 0 Å². The first kappa shape index (κ1) is 24.0. The Bertz CT molecular complexity index is 1240. The average Bonchev–Trinajstić information content (AvgIpc) is 3.62. The van der Waals surface area contributed by atoms with Crippen molar-refractivity contribution in [2.75, 3.05) is 31.8 Å². The standard InChI is InChI=1S/C26H28Cl2N4O3/c1-16-25(17(2)32(29-16)21-5-4-6-23(14-21)34-3)24-15-35-10-9-30(24)26(33)31(20-7-8-20)22-12-18(27)11-19(28)13-22/h4-6,11-14,20,24H,7-10,15H2,1-3H3. The fraction of sp³-hybridized carbons (Fsp3) is 0.385. The Morgan fingerprint density at radius 3 is 2.57 bits per heavy atom. The van der Waals surface area contributed by atoms with Crippen LogP contribution in [-0.2, 0) is 4.74 Å². The number of amides is 2. The molecular formula is C26H28Cl2N4O3. The molecule has 0 N–H and O–H groups in total. The normalized spacial score (nSPS) is 18.0. The van der Waals surface area contributed by atoms with Crippen molar-refractivity contribution < 1.29 is 14.3 Å². The fourth-order valence-corrected chi connectivity index (χ4v) is 5.34. The number of hydrogen-bond donors (Lipinski definition) is 0. The van der Waals surface area contributed by atoms with Gasteiger partial charge in [-0.1, -0.05) is 29.3 Å². The van der Waals surface area contributed by atoms with Crippen LogP contribution in [0.25, 0.3) is 5.69 Å². The molecule has 1 atom stereocenters. The van der Waals surface area contributed by atoms with Gasteiger partial charge in [0.15, 0.2) is 0 Å². The molecule has 2 amide bonds. The summed E-state index contributed by atoms with van der Waals surface area (Å²) < 4.78 is 13.2. The van der Waals surface area contributed by atoms with Crippen LogP contribution in [-0.4, -0.2) is 53.6 Å². The number of carbonyl (C=O) groups excluding carboxylic acids is 1. The Hall–Kier alpha value is -2.74. The zero-order valence-electron chi connectivity index (χ0n) is 20.0. The Kier molecular flexibility index (Phi) is 6.66. The van der Waals surface area contributed by atoms with Gasteiger partial charge >= 0.3 is 6.03 Å². The van der Waals surface area contributed by atoms with Crippen LogP contribution in [0.15, 0.2) is 42.5 Å². The van der Waals surface area contributed by atoms with E-state index in [4.69, 9.17) is 37.8 Å². The monoisotopic (exact) mass is 514 g/mol. The Balaban J connectivity index is 1.51. The predicted octanol–water partition coefficient (Wildman–Crippen LogP) is 5.97. The summed E-state index contributed by atoms with van der Waals surface area (Å²) in [4.78, 5) is 17.8. The third kappa shape index (κ3) is 4.73. The molecule has 3 aromatic rings. The van der Waals surface area contributed by atoms with Crippen LogP contribution in [0.4, 0.5) is 10.5 Å². The van der Waals surface area contributed by atoms with Crippen molar-refractivity contribution in [3.63, 3.8) is 0 Å². The number of aryl methyl sites for hydroxylation is 1. The summed E-state index contributed by atoms with van der Waals surface area (Å²) in [5.41, 5.74) is 4.45. The van der Waals surface area contributed by atoms with Gasteiger partial charge in [0, 0.05) is 45.6 Å². The highest BCUT2D eigenvalue weighted by Crippen LogP contribution is 2.38. The van der Waals surface area contributed by atoms with Gasteiger partial charge in [0.2, 0.25) is 0 Å². The Labute approximate surface area is 215 Å². The SMILES string of the molecule is COc1cccc(-n2nc(C)c(C3COCCN3C(=O)N(c3cc(Cl)cc(Cl)c3)C3CC3)c2C)c1. The van der Waals surface area contributed by atoms with E-state index in [-0.39, 0.29) is 18.1 Å². The average molecular weight is 515 g/mol. The summed E-state index contributed by atoms with van der Waals surface area (Å²) in [6.07, 6.45) is 1.91. The van der Waals surface area contributed by atoms with Crippen LogP contribution in [0.1, 0.15) is 35.8 Å². The van der Waals surface area contributed by atoms with Crippen molar-refractivity contribution in [2.45, 2.75) is 38.8 Å². The minimum Gasteiger partial charge on any atom is -0.497 e. The summed E-state index contributed by atoms with van der Waals surface area (Å²) in [6, 6.07) is 12.9. The largest absolute Gasteiger partial charge is 0.497 e. The van der Waals surface area contributed by atoms with Crippen LogP contribution in [0, 0.1) is 13.8 Å². The highest BCUT2D eigenvalue weighted by Gasteiger charge is 2.41. The summed E-state index contributed by atoms with van der Waals surface area (Å²) in [5.74, 6) is 0.759. The molecule has 2 heterocycles. The maximum atomic E-state index is 14.0. The number of hydrogen-bond acceptors (Lipinski definition) is 4. The minimum absolute atomic E-state index is 0.0629. The van der Waals surface area contributed by atoms with E-state index in [2.05, 4.69) is 0 Å². The molecule has 0 radical (unpaired) electrons. The van der Waals surface area contributed by atoms with E-state index in [1.807, 2.05) is 52.6 Å². The molecule has 7 nitrogen and oxygen atoms in total. The lowest BCUT2D eigenvalue weighted by Gasteiger charge is -2.39. The molecule has 1 saturated carbocycles. The number of halogens is 2. The van der Waals surface area contributed by atoms with Gasteiger partial charge in [0.05, 0.1) is 37.7 Å². The zero-order valence-corrected chi connectivity index (χ0v) is 21.5. The number of morpholine rings is 1. The maximum Gasteiger partial charge on any atom is 0.325 e. The molecule has 5 rings (SSSR count). The molecular weight excluding hydrogens is 487 g/mol. The molecule has 1 unspecified atom stereocenters. The topological polar surface area (TPSA) is 59.8 Å². The zero-order chi connectivity index (χ0) is 24.7. The quantitative estimate of drug-likeness (QED) is 0.420. The summed E-state index contributed by atoms with van der Waals surface area (Å²) in [7, 11) is 1.65. The first-order chi connectivity index (χ1) is 16.9. The van der Waals surface area contributed by atoms with E-state index in [9.17, 15) is 4.79 Å². The van der Waals surface area contributed by atoms with Crippen LogP contribution >= 0.6 is 23.2 Å². The first-order valence-corrected chi connectivity index (χ1v) is 12.5. The number of carbonyl (C=O) groups is 1. The lowest BCUT2D eigenvalue weighted by Crippen LogP contribution is -2.51. The fourth-order valence-electron chi connectivity index (χ4n) is 4.83. The second kappa shape index (κ2) is 9.72. The van der Waals surface area contributed by atoms with Gasteiger partial charge in [0.1, 0.15) is 5.75 Å². The van der Waals surface area contributed by atoms with Crippen molar-refractivity contribution >= 4 is 34.9 Å². The number of aromatic nitrogens is 2. The van der Waals surface area contributed by atoms with E-state index < -0.39 is 0 Å². The Morgan fingerprint density at radius 1 is 1.14 bits per heavy atom. The molecule has 35 heavy (non-hydrogen) atoms. The van der Waals surface area contributed by atoms with Crippen LogP contribution in [0.2, 0.25) is 10.0 Å². The summed E-state index contributed by atoms with van der Waals surface area (Å²) in [6.45, 7) is 5.39. The molecule has 2 fully saturated rings. The highest BCUT2D eigenvalue weighted by molar-refractivity contribution is 6.35. The third-order valence-corrected chi connectivity index (χ3v) is 7.03. The lowest BCUT2D eigenvalue weighted by molar-refractivity contribution is 0.0127. The van der Waals surface area contributed by atoms with Gasteiger partial charge in [-0.05, 0) is 57.0 Å². The van der Waals surface area contributed by atoms with E-state index in [0.29, 0.717) is 29.8 Å². The second-order valence-corrected chi connectivity index (χ2v) is 9.87. The highest BCUT2D eigenvalue weighted by atomic mass is 35.5. The van der Waals surface area contributed by atoms with Crippen molar-refractivity contribution in [1.82, 2.24) is 14.7 Å². The van der Waals surface area contributed by atoms with Gasteiger partial charge in [-0.15, -0.1) is 0 Å². The van der Waals surface area contributed by atoms with Crippen LogP contribution in [0.5, 0.6) is 5.75 Å². The van der Waals surface area contributed by atoms with Gasteiger partial charge < -0.3 is 14.4 Å². The van der Waals surface area contributed by atoms with Gasteiger partial charge in [-0.2, -0.15) is 5.10 Å². The molecule has 9 heteroatoms. The second-order valence-electron chi connectivity index (χ2n) is 8.99. The number of benzene rings is 2. The molecule has 2 aromatic carbocycles. The van der Waals surface area contributed by atoms with Gasteiger partial charge in [-0.3, -0.25) is 4.90 Å². The maximum absolute atomic E-state index is 14.0. The van der Waals surface area contributed by atoms with Crippen molar-refractivity contribution in [2.24, 2.45) is 0 Å². The van der Waals surface area contributed by atoms with Crippen molar-refractivity contribution in [1.29, 1.82) is 0 Å². The van der Waals surface area contributed by atoms with Gasteiger partial charge in [-0.25, -0.2) is 9.48 Å². The minimum atomic E-state index is -0.258. The lowest BCUT2D eigenvalue weighted by atomic mass is 10.0. The number of ether oxygens (including phenoxy) is 2.